The molecule has 4 rings (SSSR count). The zero-order valence-electron chi connectivity index (χ0n) is 17.0. The van der Waals surface area contributed by atoms with Crippen molar-refractivity contribution in [3.05, 3.63) is 65.2 Å². The normalized spacial score (nSPS) is 12.3. The highest BCUT2D eigenvalue weighted by Crippen LogP contribution is 2.36. The molecule has 1 amide bonds. The summed E-state index contributed by atoms with van der Waals surface area (Å²) in [6, 6.07) is 11.2. The molecule has 10 heteroatoms. The molecule has 1 unspecified atom stereocenters. The lowest BCUT2D eigenvalue weighted by Gasteiger charge is -2.07. The van der Waals surface area contributed by atoms with E-state index < -0.39 is 11.0 Å². The van der Waals surface area contributed by atoms with E-state index in [2.05, 4.69) is 10.4 Å². The summed E-state index contributed by atoms with van der Waals surface area (Å²) >= 11 is 6.68. The first-order valence-electron chi connectivity index (χ1n) is 9.53. The molecule has 0 spiro atoms. The zero-order chi connectivity index (χ0) is 22.1. The van der Waals surface area contributed by atoms with E-state index in [0.29, 0.717) is 22.1 Å². The first-order chi connectivity index (χ1) is 14.8. The van der Waals surface area contributed by atoms with Crippen molar-refractivity contribution in [1.29, 1.82) is 0 Å². The van der Waals surface area contributed by atoms with Gasteiger partial charge >= 0.3 is 0 Å². The standard InChI is InChI=1S/C21H21ClN6O2S/c1-13-17(12-27(2)26-13)15-5-3-4-6-16(15)19-20(22)28-9-7-14(11-18(28)25-19)21(29)24-8-10-31(23)30/h3-7,9,11-12H,8,10,23H2,1-2H3,(H,24,29). The summed E-state index contributed by atoms with van der Waals surface area (Å²) in [5.41, 5.74) is 5.37. The monoisotopic (exact) mass is 456 g/mol. The summed E-state index contributed by atoms with van der Waals surface area (Å²) in [4.78, 5) is 17.1. The molecule has 0 saturated heterocycles. The Hall–Kier alpha value is -3.01. The molecule has 1 atom stereocenters. The largest absolute Gasteiger partial charge is 0.351 e. The first kappa shape index (κ1) is 21.2. The van der Waals surface area contributed by atoms with E-state index in [1.807, 2.05) is 44.4 Å². The second-order valence-corrected chi connectivity index (χ2v) is 8.61. The van der Waals surface area contributed by atoms with Crippen molar-refractivity contribution in [3.8, 4) is 22.4 Å². The molecule has 1 aromatic carbocycles. The number of aromatic nitrogens is 4. The van der Waals surface area contributed by atoms with Crippen LogP contribution in [0.4, 0.5) is 0 Å². The van der Waals surface area contributed by atoms with Crippen molar-refractivity contribution in [1.82, 2.24) is 24.5 Å². The van der Waals surface area contributed by atoms with E-state index in [1.165, 1.54) is 0 Å². The lowest BCUT2D eigenvalue weighted by molar-refractivity contribution is 0.0956. The number of rotatable bonds is 6. The number of hydrogen-bond donors (Lipinski definition) is 2. The van der Waals surface area contributed by atoms with Crippen LogP contribution in [0.2, 0.25) is 5.15 Å². The highest BCUT2D eigenvalue weighted by molar-refractivity contribution is 7.82. The fourth-order valence-corrected chi connectivity index (χ4v) is 4.07. The van der Waals surface area contributed by atoms with Crippen LogP contribution < -0.4 is 10.5 Å². The maximum absolute atomic E-state index is 12.4. The van der Waals surface area contributed by atoms with Gasteiger partial charge in [0.25, 0.3) is 5.91 Å². The average molecular weight is 457 g/mol. The van der Waals surface area contributed by atoms with Crippen molar-refractivity contribution < 1.29 is 9.00 Å². The number of benzene rings is 1. The van der Waals surface area contributed by atoms with Gasteiger partial charge in [0, 0.05) is 42.7 Å². The number of nitrogens with two attached hydrogens (primary N) is 1. The zero-order valence-corrected chi connectivity index (χ0v) is 18.6. The number of halogens is 1. The minimum absolute atomic E-state index is 0.192. The smallest absolute Gasteiger partial charge is 0.251 e. The number of carbonyl (C=O) groups is 1. The maximum atomic E-state index is 12.4. The van der Waals surface area contributed by atoms with Crippen LogP contribution in [0.25, 0.3) is 28.0 Å². The third-order valence-corrected chi connectivity index (χ3v) is 5.87. The van der Waals surface area contributed by atoms with Gasteiger partial charge in [-0.1, -0.05) is 35.9 Å². The molecule has 31 heavy (non-hydrogen) atoms. The van der Waals surface area contributed by atoms with Crippen LogP contribution in [0.15, 0.2) is 48.8 Å². The molecule has 0 aliphatic heterocycles. The lowest BCUT2D eigenvalue weighted by Crippen LogP contribution is -2.29. The number of hydrogen-bond acceptors (Lipinski definition) is 4. The van der Waals surface area contributed by atoms with Crippen LogP contribution >= 0.6 is 11.6 Å². The van der Waals surface area contributed by atoms with Gasteiger partial charge in [0.15, 0.2) is 0 Å². The minimum Gasteiger partial charge on any atom is -0.351 e. The second-order valence-electron chi connectivity index (χ2n) is 7.08. The molecule has 0 aliphatic rings. The molecule has 0 fully saturated rings. The second kappa shape index (κ2) is 8.62. The fraction of sp³-hybridized carbons (Fsp3) is 0.190. The third kappa shape index (κ3) is 4.25. The number of pyridine rings is 1. The van der Waals surface area contributed by atoms with Gasteiger partial charge in [-0.3, -0.25) is 19.0 Å². The van der Waals surface area contributed by atoms with Gasteiger partial charge in [-0.05, 0) is 24.6 Å². The van der Waals surface area contributed by atoms with E-state index in [4.69, 9.17) is 21.7 Å². The Labute approximate surface area is 186 Å². The molecular formula is C21H21ClN6O2S. The number of aryl methyl sites for hydroxylation is 2. The summed E-state index contributed by atoms with van der Waals surface area (Å²) < 4.78 is 14.5. The minimum atomic E-state index is -1.45. The van der Waals surface area contributed by atoms with Gasteiger partial charge in [-0.25, -0.2) is 9.19 Å². The Balaban J connectivity index is 1.73. The van der Waals surface area contributed by atoms with Crippen molar-refractivity contribution >= 4 is 34.1 Å². The number of imidazole rings is 1. The molecular weight excluding hydrogens is 436 g/mol. The molecule has 4 aromatic rings. The quantitative estimate of drug-likeness (QED) is 0.465. The van der Waals surface area contributed by atoms with E-state index in [1.54, 1.807) is 27.4 Å². The van der Waals surface area contributed by atoms with Crippen LogP contribution in [-0.2, 0) is 18.0 Å². The molecule has 0 bridgehead atoms. The summed E-state index contributed by atoms with van der Waals surface area (Å²) in [6.45, 7) is 2.19. The fourth-order valence-electron chi connectivity index (χ4n) is 3.48. The number of nitrogens with zero attached hydrogens (tertiary/aromatic N) is 4. The van der Waals surface area contributed by atoms with Crippen LogP contribution in [0.1, 0.15) is 16.1 Å². The summed E-state index contributed by atoms with van der Waals surface area (Å²) in [6.07, 6.45) is 3.68. The molecule has 0 radical (unpaired) electrons. The number of carbonyl (C=O) groups excluding carboxylic acids is 1. The number of fused-ring (bicyclic) bond motifs is 1. The predicted octanol–water partition coefficient (Wildman–Crippen LogP) is 2.72. The van der Waals surface area contributed by atoms with Crippen molar-refractivity contribution in [2.45, 2.75) is 6.92 Å². The Morgan fingerprint density at radius 2 is 1.97 bits per heavy atom. The van der Waals surface area contributed by atoms with E-state index in [9.17, 15) is 9.00 Å². The van der Waals surface area contributed by atoms with Crippen LogP contribution in [-0.4, -0.2) is 41.6 Å². The molecule has 0 saturated carbocycles. The predicted molar refractivity (Wildman–Crippen MR) is 122 cm³/mol. The SMILES string of the molecule is Cc1nn(C)cc1-c1ccccc1-c1nc2cc(C(=O)NCCS(N)=O)ccn2c1Cl. The summed E-state index contributed by atoms with van der Waals surface area (Å²) in [5, 5.41) is 12.8. The average Bonchev–Trinajstić information content (AvgIpc) is 3.25. The molecule has 0 aliphatic carbocycles. The lowest BCUT2D eigenvalue weighted by atomic mass is 9.99. The van der Waals surface area contributed by atoms with Crippen molar-refractivity contribution in [2.24, 2.45) is 12.2 Å². The van der Waals surface area contributed by atoms with Crippen molar-refractivity contribution in [2.75, 3.05) is 12.3 Å². The van der Waals surface area contributed by atoms with Crippen LogP contribution in [0.3, 0.4) is 0 Å². The van der Waals surface area contributed by atoms with Gasteiger partial charge < -0.3 is 5.32 Å². The number of amides is 1. The summed E-state index contributed by atoms with van der Waals surface area (Å²) in [7, 11) is 0.429. The topological polar surface area (TPSA) is 107 Å². The number of nitrogens with one attached hydrogen (secondary N) is 1. The maximum Gasteiger partial charge on any atom is 0.251 e. The molecule has 8 nitrogen and oxygen atoms in total. The molecule has 3 N–H and O–H groups in total. The first-order valence-corrected chi connectivity index (χ1v) is 11.3. The Kier molecular flexibility index (Phi) is 5.90. The molecule has 3 heterocycles. The highest BCUT2D eigenvalue weighted by atomic mass is 35.5. The van der Waals surface area contributed by atoms with Gasteiger partial charge in [0.05, 0.1) is 22.4 Å². The molecule has 160 valence electrons. The highest BCUT2D eigenvalue weighted by Gasteiger charge is 2.19. The third-order valence-electron chi connectivity index (χ3n) is 4.90. The van der Waals surface area contributed by atoms with Gasteiger partial charge in [0.1, 0.15) is 16.5 Å². The van der Waals surface area contributed by atoms with Gasteiger partial charge in [-0.2, -0.15) is 5.10 Å². The van der Waals surface area contributed by atoms with E-state index >= 15 is 0 Å². The van der Waals surface area contributed by atoms with E-state index in [-0.39, 0.29) is 18.2 Å². The van der Waals surface area contributed by atoms with Gasteiger partial charge in [0.2, 0.25) is 0 Å². The Morgan fingerprint density at radius 1 is 1.23 bits per heavy atom. The van der Waals surface area contributed by atoms with Crippen molar-refractivity contribution in [3.63, 3.8) is 0 Å². The Bertz CT molecular complexity index is 1310. The Morgan fingerprint density at radius 3 is 2.65 bits per heavy atom. The van der Waals surface area contributed by atoms with E-state index in [0.717, 1.165) is 22.4 Å². The summed E-state index contributed by atoms with van der Waals surface area (Å²) in [5.74, 6) is -0.0993. The van der Waals surface area contributed by atoms with Crippen LogP contribution in [0.5, 0.6) is 0 Å². The van der Waals surface area contributed by atoms with Crippen LogP contribution in [0, 0.1) is 6.92 Å². The van der Waals surface area contributed by atoms with Gasteiger partial charge in [-0.15, -0.1) is 0 Å². The molecule has 3 aromatic heterocycles.